The fraction of sp³-hybridized carbons (Fsp3) is 0.429. The molecule has 4 rings (SSSR count). The van der Waals surface area contributed by atoms with Gasteiger partial charge < -0.3 is 16.8 Å². The summed E-state index contributed by atoms with van der Waals surface area (Å²) in [5.41, 5.74) is 13.5. The van der Waals surface area contributed by atoms with Gasteiger partial charge in [0, 0.05) is 37.9 Å². The van der Waals surface area contributed by atoms with Gasteiger partial charge in [0.25, 0.3) is 0 Å². The van der Waals surface area contributed by atoms with E-state index < -0.39 is 40.4 Å². The highest BCUT2D eigenvalue weighted by molar-refractivity contribution is 7.89. The van der Waals surface area contributed by atoms with Gasteiger partial charge >= 0.3 is 0 Å². The summed E-state index contributed by atoms with van der Waals surface area (Å²) < 4.78 is 40.1. The maximum absolute atomic E-state index is 13.4. The number of nitrogens with one attached hydrogen (secondary N) is 3. The van der Waals surface area contributed by atoms with E-state index in [1.165, 1.54) is 10.5 Å². The van der Waals surface area contributed by atoms with Gasteiger partial charge in [0.2, 0.25) is 15.9 Å². The monoisotopic (exact) mass is 477 g/mol. The second-order valence-electron chi connectivity index (χ2n) is 8.19. The number of nitrogens with two attached hydrogens (primary N) is 2. The van der Waals surface area contributed by atoms with Crippen molar-refractivity contribution in [1.82, 2.24) is 19.9 Å². The van der Waals surface area contributed by atoms with Crippen LogP contribution in [0.1, 0.15) is 6.42 Å². The number of carbonyl (C=O) groups is 1. The number of anilines is 1. The molecule has 3 heterocycles. The molecule has 10 nitrogen and oxygen atoms in total. The van der Waals surface area contributed by atoms with Crippen molar-refractivity contribution in [2.24, 2.45) is 17.4 Å². The Kier molecular flexibility index (Phi) is 7.02. The van der Waals surface area contributed by atoms with E-state index in [1.807, 2.05) is 0 Å². The van der Waals surface area contributed by atoms with E-state index in [9.17, 15) is 17.6 Å². The molecule has 2 aromatic rings. The fourth-order valence-electron chi connectivity index (χ4n) is 3.90. The molecule has 1 amide bonds. The molecule has 1 atom stereocenters. The van der Waals surface area contributed by atoms with Crippen LogP contribution < -0.4 is 27.4 Å². The van der Waals surface area contributed by atoms with Crippen LogP contribution in [0.5, 0.6) is 0 Å². The maximum atomic E-state index is 13.4. The third-order valence-corrected chi connectivity index (χ3v) is 7.80. The van der Waals surface area contributed by atoms with Crippen LogP contribution in [0.2, 0.25) is 0 Å². The number of benzene rings is 1. The molecule has 12 heteroatoms. The summed E-state index contributed by atoms with van der Waals surface area (Å²) in [7, 11) is -3.48. The fourth-order valence-corrected chi connectivity index (χ4v) is 5.42. The van der Waals surface area contributed by atoms with Crippen molar-refractivity contribution in [3.8, 4) is 11.1 Å². The quantitative estimate of drug-likeness (QED) is 0.343. The highest BCUT2D eigenvalue weighted by atomic mass is 32.2. The molecule has 2 saturated heterocycles. The van der Waals surface area contributed by atoms with Gasteiger partial charge in [-0.2, -0.15) is 4.31 Å². The average Bonchev–Trinajstić information content (AvgIpc) is 2.74. The number of alkyl halides is 1. The summed E-state index contributed by atoms with van der Waals surface area (Å²) in [5.74, 6) is -1.31. The van der Waals surface area contributed by atoms with Crippen molar-refractivity contribution in [1.29, 1.82) is 0 Å². The van der Waals surface area contributed by atoms with Crippen molar-refractivity contribution >= 4 is 21.6 Å². The standard InChI is InChI=1S/C21H28FN7O3S/c22-14-10-26-20(27-11-14)18(19(23)24)21(30)28-17-12-25-7-6-16(17)13-2-4-15(5-3-13)33(31,32)29-8-1-9-29/h2-7,12,14,18-20,26-27H,1,8-11,23-24H2,(H,28,30). The van der Waals surface area contributed by atoms with E-state index in [4.69, 9.17) is 11.5 Å². The molecular formula is C21H28FN7O3S. The second-order valence-corrected chi connectivity index (χ2v) is 10.1. The van der Waals surface area contributed by atoms with Gasteiger partial charge in [-0.15, -0.1) is 0 Å². The average molecular weight is 478 g/mol. The Morgan fingerprint density at radius 3 is 2.39 bits per heavy atom. The summed E-state index contributed by atoms with van der Waals surface area (Å²) in [6, 6.07) is 8.20. The zero-order chi connectivity index (χ0) is 23.6. The number of hydrogen-bond acceptors (Lipinski definition) is 8. The van der Waals surface area contributed by atoms with E-state index in [0.29, 0.717) is 29.9 Å². The lowest BCUT2D eigenvalue weighted by molar-refractivity contribution is -0.122. The minimum absolute atomic E-state index is 0.0962. The third kappa shape index (κ3) is 5.05. The minimum Gasteiger partial charge on any atom is -0.324 e. The van der Waals surface area contributed by atoms with Gasteiger partial charge in [0.05, 0.1) is 35.0 Å². The van der Waals surface area contributed by atoms with Crippen LogP contribution in [0, 0.1) is 5.92 Å². The number of amides is 1. The lowest BCUT2D eigenvalue weighted by Gasteiger charge is -2.34. The van der Waals surface area contributed by atoms with Crippen LogP contribution >= 0.6 is 0 Å². The molecule has 0 aliphatic carbocycles. The molecule has 2 aliphatic heterocycles. The van der Waals surface area contributed by atoms with Gasteiger partial charge in [0.1, 0.15) is 6.17 Å². The number of halogens is 1. The molecule has 0 radical (unpaired) electrons. The smallest absolute Gasteiger partial charge is 0.243 e. The first-order valence-electron chi connectivity index (χ1n) is 10.7. The van der Waals surface area contributed by atoms with Gasteiger partial charge in [-0.3, -0.25) is 20.4 Å². The molecule has 2 aliphatic rings. The Hall–Kier alpha value is -2.48. The van der Waals surface area contributed by atoms with E-state index in [-0.39, 0.29) is 18.0 Å². The Balaban J connectivity index is 1.54. The Bertz CT molecular complexity index is 1090. The lowest BCUT2D eigenvalue weighted by Crippen LogP contribution is -2.64. The Morgan fingerprint density at radius 2 is 1.82 bits per heavy atom. The highest BCUT2D eigenvalue weighted by Gasteiger charge is 2.35. The number of nitrogens with zero attached hydrogens (tertiary/aromatic N) is 2. The summed E-state index contributed by atoms with van der Waals surface area (Å²) in [4.78, 5) is 17.4. The summed E-state index contributed by atoms with van der Waals surface area (Å²) in [5, 5.41) is 8.66. The van der Waals surface area contributed by atoms with E-state index in [1.54, 1.807) is 36.5 Å². The molecule has 1 aromatic heterocycles. The summed E-state index contributed by atoms with van der Waals surface area (Å²) >= 11 is 0. The predicted molar refractivity (Wildman–Crippen MR) is 122 cm³/mol. The topological polar surface area (TPSA) is 155 Å². The van der Waals surface area contributed by atoms with Crippen LogP contribution in [-0.2, 0) is 14.8 Å². The minimum atomic E-state index is -3.48. The molecule has 7 N–H and O–H groups in total. The molecule has 2 fully saturated rings. The van der Waals surface area contributed by atoms with Crippen LogP contribution in [0.25, 0.3) is 11.1 Å². The van der Waals surface area contributed by atoms with Gasteiger partial charge in [-0.1, -0.05) is 12.1 Å². The first-order chi connectivity index (χ1) is 15.8. The van der Waals surface area contributed by atoms with Crippen molar-refractivity contribution < 1.29 is 17.6 Å². The van der Waals surface area contributed by atoms with Gasteiger partial charge in [-0.05, 0) is 30.2 Å². The number of rotatable bonds is 7. The number of aromatic nitrogens is 1. The largest absolute Gasteiger partial charge is 0.324 e. The second kappa shape index (κ2) is 9.79. The van der Waals surface area contributed by atoms with Crippen LogP contribution in [0.3, 0.4) is 0 Å². The van der Waals surface area contributed by atoms with Crippen LogP contribution in [0.4, 0.5) is 10.1 Å². The highest BCUT2D eigenvalue weighted by Crippen LogP contribution is 2.30. The molecule has 1 unspecified atom stereocenters. The number of carbonyl (C=O) groups excluding carboxylic acids is 1. The van der Waals surface area contributed by atoms with E-state index in [2.05, 4.69) is 20.9 Å². The van der Waals surface area contributed by atoms with Crippen LogP contribution in [-0.4, -0.2) is 68.3 Å². The Morgan fingerprint density at radius 1 is 1.15 bits per heavy atom. The molecule has 0 spiro atoms. The first-order valence-corrected chi connectivity index (χ1v) is 12.2. The normalized spacial score (nSPS) is 22.5. The van der Waals surface area contributed by atoms with E-state index in [0.717, 1.165) is 6.42 Å². The third-order valence-electron chi connectivity index (χ3n) is 5.89. The lowest BCUT2D eigenvalue weighted by atomic mass is 9.99. The molecule has 1 aromatic carbocycles. The van der Waals surface area contributed by atoms with Gasteiger partial charge in [0.15, 0.2) is 0 Å². The number of sulfonamides is 1. The van der Waals surface area contributed by atoms with Crippen LogP contribution in [0.15, 0.2) is 47.6 Å². The summed E-state index contributed by atoms with van der Waals surface area (Å²) in [6.07, 6.45) is 1.31. The maximum Gasteiger partial charge on any atom is 0.243 e. The number of pyridine rings is 1. The van der Waals surface area contributed by atoms with Crippen molar-refractivity contribution in [2.75, 3.05) is 31.5 Å². The molecule has 178 valence electrons. The molecule has 0 saturated carbocycles. The van der Waals surface area contributed by atoms with Crippen molar-refractivity contribution in [3.05, 3.63) is 42.7 Å². The number of hydrogen-bond donors (Lipinski definition) is 5. The molecular weight excluding hydrogens is 449 g/mol. The first kappa shape index (κ1) is 23.7. The molecule has 33 heavy (non-hydrogen) atoms. The van der Waals surface area contributed by atoms with Crippen molar-refractivity contribution in [3.63, 3.8) is 0 Å². The predicted octanol–water partition coefficient (Wildman–Crippen LogP) is -0.202. The molecule has 0 bridgehead atoms. The van der Waals surface area contributed by atoms with Crippen molar-refractivity contribution in [2.45, 2.75) is 29.8 Å². The zero-order valence-electron chi connectivity index (χ0n) is 17.9. The van der Waals surface area contributed by atoms with E-state index >= 15 is 0 Å². The van der Waals surface area contributed by atoms with Gasteiger partial charge in [-0.25, -0.2) is 12.8 Å². The zero-order valence-corrected chi connectivity index (χ0v) is 18.8. The summed E-state index contributed by atoms with van der Waals surface area (Å²) in [6.45, 7) is 1.26. The SMILES string of the molecule is NC(N)C(C(=O)Nc1cnccc1-c1ccc(S(=O)(=O)N2CCC2)cc1)C1NCC(F)CN1. The Labute approximate surface area is 192 Å².